The lowest BCUT2D eigenvalue weighted by molar-refractivity contribution is 0.556. The van der Waals surface area contributed by atoms with E-state index in [2.05, 4.69) is 50.2 Å². The van der Waals surface area contributed by atoms with Crippen LogP contribution in [0.25, 0.3) is 0 Å². The predicted octanol–water partition coefficient (Wildman–Crippen LogP) is 7.87. The van der Waals surface area contributed by atoms with Crippen LogP contribution in [0, 0.1) is 0 Å². The van der Waals surface area contributed by atoms with Crippen LogP contribution in [0.4, 0.5) is 0 Å². The van der Waals surface area contributed by atoms with Crippen molar-refractivity contribution in [3.05, 3.63) is 20.8 Å². The lowest BCUT2D eigenvalue weighted by Crippen LogP contribution is -1.88. The normalized spacial score (nSPS) is 12.8. The number of hydrogen-bond donors (Lipinski definition) is 0. The fourth-order valence-corrected chi connectivity index (χ4v) is 5.16. The molecule has 1 aromatic rings. The Morgan fingerprint density at radius 2 is 1.58 bits per heavy atom. The first kappa shape index (κ1) is 17.7. The van der Waals surface area contributed by atoms with Crippen LogP contribution in [0.1, 0.15) is 80.8 Å². The summed E-state index contributed by atoms with van der Waals surface area (Å²) >= 11 is 9.26. The zero-order valence-corrected chi connectivity index (χ0v) is 16.0. The van der Waals surface area contributed by atoms with Crippen molar-refractivity contribution in [2.24, 2.45) is 0 Å². The van der Waals surface area contributed by atoms with Gasteiger partial charge in [-0.1, -0.05) is 80.6 Å². The fourth-order valence-electron chi connectivity index (χ4n) is 2.29. The Labute approximate surface area is 139 Å². The molecule has 3 heteroatoms. The molecule has 1 rings (SSSR count). The Morgan fingerprint density at radius 3 is 2.11 bits per heavy atom. The van der Waals surface area contributed by atoms with E-state index >= 15 is 0 Å². The topological polar surface area (TPSA) is 0 Å². The van der Waals surface area contributed by atoms with E-state index in [0.717, 1.165) is 0 Å². The van der Waals surface area contributed by atoms with Gasteiger partial charge in [-0.2, -0.15) is 0 Å². The van der Waals surface area contributed by atoms with Crippen LogP contribution in [0.15, 0.2) is 15.9 Å². The maximum absolute atomic E-state index is 3.81. The summed E-state index contributed by atoms with van der Waals surface area (Å²) in [5, 5.41) is 2.16. The molecule has 1 atom stereocenters. The third-order valence-corrected chi connectivity index (χ3v) is 6.69. The molecule has 0 aliphatic rings. The highest BCUT2D eigenvalue weighted by molar-refractivity contribution is 9.11. The molecule has 1 heterocycles. The summed E-state index contributed by atoms with van der Waals surface area (Å²) < 4.78 is 1.26. The molecule has 0 radical (unpaired) electrons. The molecule has 0 aromatic carbocycles. The third kappa shape index (κ3) is 7.87. The second kappa shape index (κ2) is 11.3. The van der Waals surface area contributed by atoms with Crippen LogP contribution < -0.4 is 0 Å². The SMILES string of the molecule is CCCCCCCCCCCC(Br)c1sccc1Br. The quantitative estimate of drug-likeness (QED) is 0.257. The van der Waals surface area contributed by atoms with Crippen molar-refractivity contribution in [3.63, 3.8) is 0 Å². The van der Waals surface area contributed by atoms with E-state index < -0.39 is 0 Å². The molecule has 110 valence electrons. The first-order valence-electron chi connectivity index (χ1n) is 7.62. The van der Waals surface area contributed by atoms with Crippen molar-refractivity contribution in [2.45, 2.75) is 76.0 Å². The van der Waals surface area contributed by atoms with Gasteiger partial charge in [0.25, 0.3) is 0 Å². The number of rotatable bonds is 11. The van der Waals surface area contributed by atoms with Crippen LogP contribution in [0.5, 0.6) is 0 Å². The largest absolute Gasteiger partial charge is 0.147 e. The molecular weight excluding hydrogens is 384 g/mol. The van der Waals surface area contributed by atoms with Crippen LogP contribution in [-0.4, -0.2) is 0 Å². The maximum atomic E-state index is 3.81. The van der Waals surface area contributed by atoms with Crippen LogP contribution >= 0.6 is 43.2 Å². The summed E-state index contributed by atoms with van der Waals surface area (Å²) in [6.07, 6.45) is 13.9. The molecule has 0 N–H and O–H groups in total. The first-order chi connectivity index (χ1) is 9.25. The minimum absolute atomic E-state index is 0.534. The number of alkyl halides is 1. The van der Waals surface area contributed by atoms with Gasteiger partial charge in [-0.25, -0.2) is 0 Å². The van der Waals surface area contributed by atoms with Gasteiger partial charge in [-0.05, 0) is 33.8 Å². The molecular formula is C16H26Br2S. The number of hydrogen-bond acceptors (Lipinski definition) is 1. The van der Waals surface area contributed by atoms with Crippen molar-refractivity contribution in [1.29, 1.82) is 0 Å². The second-order valence-electron chi connectivity index (χ2n) is 5.22. The highest BCUT2D eigenvalue weighted by Gasteiger charge is 2.11. The average molecular weight is 410 g/mol. The second-order valence-corrected chi connectivity index (χ2v) is 8.12. The van der Waals surface area contributed by atoms with E-state index in [-0.39, 0.29) is 0 Å². The molecule has 0 amide bonds. The molecule has 0 fully saturated rings. The van der Waals surface area contributed by atoms with E-state index in [1.165, 1.54) is 73.6 Å². The molecule has 1 unspecified atom stereocenters. The van der Waals surface area contributed by atoms with Crippen LogP contribution in [0.3, 0.4) is 0 Å². The number of thiophene rings is 1. The number of halogens is 2. The summed E-state index contributed by atoms with van der Waals surface area (Å²) in [7, 11) is 0. The van der Waals surface area contributed by atoms with E-state index in [1.54, 1.807) is 0 Å². The van der Waals surface area contributed by atoms with E-state index in [1.807, 2.05) is 11.3 Å². The lowest BCUT2D eigenvalue weighted by atomic mass is 10.1. The third-order valence-electron chi connectivity index (χ3n) is 3.49. The minimum atomic E-state index is 0.534. The lowest BCUT2D eigenvalue weighted by Gasteiger charge is -2.08. The monoisotopic (exact) mass is 408 g/mol. The smallest absolute Gasteiger partial charge is 0.0500 e. The van der Waals surface area contributed by atoms with Crippen molar-refractivity contribution in [3.8, 4) is 0 Å². The molecule has 0 aliphatic carbocycles. The standard InChI is InChI=1S/C16H26Br2S/c1-2-3-4-5-6-7-8-9-10-11-14(17)16-15(18)12-13-19-16/h12-14H,2-11H2,1H3. The van der Waals surface area contributed by atoms with Gasteiger partial charge < -0.3 is 0 Å². The predicted molar refractivity (Wildman–Crippen MR) is 95.5 cm³/mol. The Hall–Kier alpha value is 0.660. The van der Waals surface area contributed by atoms with Gasteiger partial charge in [-0.3, -0.25) is 0 Å². The highest BCUT2D eigenvalue weighted by atomic mass is 79.9. The Balaban J connectivity index is 1.95. The van der Waals surface area contributed by atoms with Gasteiger partial charge in [0.2, 0.25) is 0 Å². The summed E-state index contributed by atoms with van der Waals surface area (Å²) in [5.41, 5.74) is 0. The van der Waals surface area contributed by atoms with E-state index in [0.29, 0.717) is 4.83 Å². The molecule has 19 heavy (non-hydrogen) atoms. The molecule has 0 spiro atoms. The Bertz CT molecular complexity index is 322. The molecule has 1 aromatic heterocycles. The zero-order chi connectivity index (χ0) is 13.9. The Morgan fingerprint density at radius 1 is 1.00 bits per heavy atom. The number of unbranched alkanes of at least 4 members (excludes halogenated alkanes) is 8. The average Bonchev–Trinajstić information content (AvgIpc) is 2.83. The van der Waals surface area contributed by atoms with Crippen molar-refractivity contribution in [2.75, 3.05) is 0 Å². The van der Waals surface area contributed by atoms with Crippen molar-refractivity contribution < 1.29 is 0 Å². The van der Waals surface area contributed by atoms with Gasteiger partial charge in [0.05, 0.1) is 4.83 Å². The summed E-state index contributed by atoms with van der Waals surface area (Å²) in [6, 6.07) is 2.14. The molecule has 0 bridgehead atoms. The van der Waals surface area contributed by atoms with Crippen LogP contribution in [-0.2, 0) is 0 Å². The minimum Gasteiger partial charge on any atom is -0.147 e. The van der Waals surface area contributed by atoms with Gasteiger partial charge in [0.1, 0.15) is 0 Å². The van der Waals surface area contributed by atoms with E-state index in [4.69, 9.17) is 0 Å². The molecule has 0 saturated heterocycles. The highest BCUT2D eigenvalue weighted by Crippen LogP contribution is 2.37. The van der Waals surface area contributed by atoms with Gasteiger partial charge >= 0.3 is 0 Å². The van der Waals surface area contributed by atoms with Crippen molar-refractivity contribution >= 4 is 43.2 Å². The first-order valence-corrected chi connectivity index (χ1v) is 10.2. The maximum Gasteiger partial charge on any atom is 0.0500 e. The summed E-state index contributed by atoms with van der Waals surface area (Å²) in [6.45, 7) is 2.28. The molecule has 0 saturated carbocycles. The summed E-state index contributed by atoms with van der Waals surface area (Å²) in [5.74, 6) is 0. The molecule has 0 aliphatic heterocycles. The Kier molecular flexibility index (Phi) is 10.6. The van der Waals surface area contributed by atoms with Crippen molar-refractivity contribution in [1.82, 2.24) is 0 Å². The zero-order valence-electron chi connectivity index (χ0n) is 12.0. The molecule has 0 nitrogen and oxygen atoms in total. The fraction of sp³-hybridized carbons (Fsp3) is 0.750. The van der Waals surface area contributed by atoms with Crippen LogP contribution in [0.2, 0.25) is 0 Å². The van der Waals surface area contributed by atoms with E-state index in [9.17, 15) is 0 Å². The van der Waals surface area contributed by atoms with Gasteiger partial charge in [0.15, 0.2) is 0 Å². The summed E-state index contributed by atoms with van der Waals surface area (Å²) in [4.78, 5) is 1.98. The van der Waals surface area contributed by atoms with Gasteiger partial charge in [-0.15, -0.1) is 11.3 Å². The van der Waals surface area contributed by atoms with Gasteiger partial charge in [0, 0.05) is 9.35 Å².